The second kappa shape index (κ2) is 7.59. The van der Waals surface area contributed by atoms with Crippen molar-refractivity contribution in [2.75, 3.05) is 25.6 Å². The second-order valence-electron chi connectivity index (χ2n) is 6.54. The number of anilines is 1. The van der Waals surface area contributed by atoms with Crippen LogP contribution in [0.2, 0.25) is 0 Å². The fourth-order valence-electron chi connectivity index (χ4n) is 3.36. The first-order chi connectivity index (χ1) is 12.6. The number of rotatable bonds is 4. The number of ether oxygens (including phenoxy) is 2. The topological polar surface area (TPSA) is 71.3 Å². The van der Waals surface area contributed by atoms with Gasteiger partial charge in [0.25, 0.3) is 0 Å². The summed E-state index contributed by atoms with van der Waals surface area (Å²) in [5.41, 5.74) is 2.51. The van der Waals surface area contributed by atoms with E-state index in [4.69, 9.17) is 9.47 Å². The maximum Gasteiger partial charge on any atom is 0.235 e. The van der Waals surface area contributed by atoms with Crippen molar-refractivity contribution >= 4 is 11.6 Å². The van der Waals surface area contributed by atoms with Gasteiger partial charge in [-0.1, -0.05) is 29.8 Å². The minimum atomic E-state index is -0.626. The summed E-state index contributed by atoms with van der Waals surface area (Å²) >= 11 is 0. The van der Waals surface area contributed by atoms with Crippen LogP contribution in [-0.2, 0) is 14.9 Å². The molecule has 0 radical (unpaired) electrons. The third-order valence-corrected chi connectivity index (χ3v) is 4.96. The Bertz CT molecular complexity index is 831. The van der Waals surface area contributed by atoms with Crippen LogP contribution in [-0.4, -0.2) is 26.2 Å². The Labute approximate surface area is 153 Å². The number of hydrogen-bond acceptors (Lipinski definition) is 4. The van der Waals surface area contributed by atoms with Crippen molar-refractivity contribution < 1.29 is 14.3 Å². The Balaban J connectivity index is 1.92. The Hall–Kier alpha value is -2.84. The summed E-state index contributed by atoms with van der Waals surface area (Å²) in [6.45, 7) is 3.13. The van der Waals surface area contributed by atoms with E-state index in [2.05, 4.69) is 11.4 Å². The van der Waals surface area contributed by atoms with Gasteiger partial charge >= 0.3 is 0 Å². The van der Waals surface area contributed by atoms with Crippen molar-refractivity contribution in [2.45, 2.75) is 25.2 Å². The summed E-state index contributed by atoms with van der Waals surface area (Å²) in [5.74, 6) is 0.420. The molecule has 0 saturated carbocycles. The number of carbonyl (C=O) groups is 1. The molecule has 1 N–H and O–H groups in total. The Morgan fingerprint density at radius 2 is 1.88 bits per heavy atom. The lowest BCUT2D eigenvalue weighted by molar-refractivity contribution is -0.125. The first kappa shape index (κ1) is 18.0. The molecule has 26 heavy (non-hydrogen) atoms. The average molecular weight is 350 g/mol. The second-order valence-corrected chi connectivity index (χ2v) is 6.54. The van der Waals surface area contributed by atoms with E-state index in [0.717, 1.165) is 11.1 Å². The van der Waals surface area contributed by atoms with Gasteiger partial charge in [0.1, 0.15) is 11.8 Å². The van der Waals surface area contributed by atoms with Crippen LogP contribution in [0.3, 0.4) is 0 Å². The van der Waals surface area contributed by atoms with E-state index in [-0.39, 0.29) is 5.91 Å². The van der Waals surface area contributed by atoms with Gasteiger partial charge in [0, 0.05) is 18.9 Å². The molecule has 5 nitrogen and oxygen atoms in total. The van der Waals surface area contributed by atoms with E-state index in [1.54, 1.807) is 18.2 Å². The number of nitriles is 1. The van der Waals surface area contributed by atoms with E-state index in [9.17, 15) is 10.1 Å². The minimum absolute atomic E-state index is 0.0706. The van der Waals surface area contributed by atoms with E-state index >= 15 is 0 Å². The van der Waals surface area contributed by atoms with Crippen LogP contribution in [0, 0.1) is 18.3 Å². The molecule has 0 aliphatic carbocycles. The van der Waals surface area contributed by atoms with Gasteiger partial charge in [-0.2, -0.15) is 5.26 Å². The number of benzene rings is 2. The first-order valence-corrected chi connectivity index (χ1v) is 8.63. The fraction of sp³-hybridized carbons (Fsp3) is 0.333. The molecule has 0 unspecified atom stereocenters. The molecule has 0 spiro atoms. The van der Waals surface area contributed by atoms with Crippen LogP contribution in [0.25, 0.3) is 0 Å². The van der Waals surface area contributed by atoms with Gasteiger partial charge in [0.2, 0.25) is 5.91 Å². The van der Waals surface area contributed by atoms with Crippen molar-refractivity contribution in [2.24, 2.45) is 0 Å². The van der Waals surface area contributed by atoms with Gasteiger partial charge in [0.05, 0.1) is 18.1 Å². The molecule has 1 heterocycles. The van der Waals surface area contributed by atoms with Crippen molar-refractivity contribution in [3.8, 4) is 11.8 Å². The Kier molecular flexibility index (Phi) is 5.24. The highest BCUT2D eigenvalue weighted by molar-refractivity contribution is 5.99. The number of carbonyl (C=O) groups excluding carboxylic acids is 1. The summed E-state index contributed by atoms with van der Waals surface area (Å²) in [6, 6.07) is 15.3. The molecule has 0 atom stereocenters. The van der Waals surface area contributed by atoms with Crippen molar-refractivity contribution in [3.05, 3.63) is 59.2 Å². The van der Waals surface area contributed by atoms with Gasteiger partial charge in [0.15, 0.2) is 0 Å². The van der Waals surface area contributed by atoms with Crippen LogP contribution in [0.15, 0.2) is 42.5 Å². The quantitative estimate of drug-likeness (QED) is 0.915. The largest absolute Gasteiger partial charge is 0.495 e. The number of amides is 1. The number of aryl methyl sites for hydroxylation is 1. The smallest absolute Gasteiger partial charge is 0.235 e. The predicted octanol–water partition coefficient (Wildman–Crippen LogP) is 3.56. The van der Waals surface area contributed by atoms with Gasteiger partial charge in [-0.05, 0) is 43.5 Å². The zero-order chi connectivity index (χ0) is 18.6. The standard InChI is InChI=1S/C21H22N2O3/c1-15-3-5-17(6-4-15)21(9-11-26-12-10-21)20(24)23-18-7-8-19(25-2)16(13-18)14-22/h3-8,13H,9-12H2,1-2H3,(H,23,24). The monoisotopic (exact) mass is 350 g/mol. The van der Waals surface area contributed by atoms with E-state index in [1.807, 2.05) is 31.2 Å². The molecule has 2 aromatic carbocycles. The first-order valence-electron chi connectivity index (χ1n) is 8.63. The molecule has 1 amide bonds. The fourth-order valence-corrected chi connectivity index (χ4v) is 3.36. The Morgan fingerprint density at radius 3 is 2.50 bits per heavy atom. The van der Waals surface area contributed by atoms with Crippen LogP contribution >= 0.6 is 0 Å². The number of nitrogens with zero attached hydrogens (tertiary/aromatic N) is 1. The maximum absolute atomic E-state index is 13.2. The zero-order valence-corrected chi connectivity index (χ0v) is 15.0. The Morgan fingerprint density at radius 1 is 1.19 bits per heavy atom. The van der Waals surface area contributed by atoms with Crippen molar-refractivity contribution in [1.29, 1.82) is 5.26 Å². The minimum Gasteiger partial charge on any atom is -0.495 e. The van der Waals surface area contributed by atoms with Crippen LogP contribution in [0.1, 0.15) is 29.5 Å². The van der Waals surface area contributed by atoms with Crippen LogP contribution in [0.4, 0.5) is 5.69 Å². The van der Waals surface area contributed by atoms with Gasteiger partial charge in [-0.15, -0.1) is 0 Å². The molecule has 1 aliphatic heterocycles. The number of nitrogens with one attached hydrogen (secondary N) is 1. The SMILES string of the molecule is COc1ccc(NC(=O)C2(c3ccc(C)cc3)CCOCC2)cc1C#N. The number of hydrogen-bond donors (Lipinski definition) is 1. The van der Waals surface area contributed by atoms with Gasteiger partial charge in [-0.3, -0.25) is 4.79 Å². The number of methoxy groups -OCH3 is 1. The highest BCUT2D eigenvalue weighted by Crippen LogP contribution is 2.36. The van der Waals surface area contributed by atoms with Crippen molar-refractivity contribution in [1.82, 2.24) is 0 Å². The third-order valence-electron chi connectivity index (χ3n) is 4.96. The molecule has 1 saturated heterocycles. The van der Waals surface area contributed by atoms with E-state index in [0.29, 0.717) is 43.1 Å². The maximum atomic E-state index is 13.2. The van der Waals surface area contributed by atoms with Gasteiger partial charge in [-0.25, -0.2) is 0 Å². The van der Waals surface area contributed by atoms with Crippen LogP contribution < -0.4 is 10.1 Å². The molecular weight excluding hydrogens is 328 g/mol. The highest BCUT2D eigenvalue weighted by atomic mass is 16.5. The van der Waals surface area contributed by atoms with Crippen molar-refractivity contribution in [3.63, 3.8) is 0 Å². The third kappa shape index (κ3) is 3.42. The summed E-state index contributed by atoms with van der Waals surface area (Å²) in [5, 5.41) is 12.2. The lowest BCUT2D eigenvalue weighted by atomic mass is 9.73. The lowest BCUT2D eigenvalue weighted by Crippen LogP contribution is -2.44. The molecule has 5 heteroatoms. The highest BCUT2D eigenvalue weighted by Gasteiger charge is 2.41. The van der Waals surface area contributed by atoms with E-state index in [1.165, 1.54) is 7.11 Å². The summed E-state index contributed by atoms with van der Waals surface area (Å²) in [6.07, 6.45) is 1.26. The molecule has 3 rings (SSSR count). The summed E-state index contributed by atoms with van der Waals surface area (Å²) < 4.78 is 10.7. The molecule has 1 fully saturated rings. The average Bonchev–Trinajstić information content (AvgIpc) is 2.68. The van der Waals surface area contributed by atoms with Crippen LogP contribution in [0.5, 0.6) is 5.75 Å². The molecule has 0 bridgehead atoms. The molecule has 1 aliphatic rings. The van der Waals surface area contributed by atoms with Gasteiger partial charge < -0.3 is 14.8 Å². The normalized spacial score (nSPS) is 15.7. The lowest BCUT2D eigenvalue weighted by Gasteiger charge is -2.36. The molecular formula is C21H22N2O3. The summed E-state index contributed by atoms with van der Waals surface area (Å²) in [4.78, 5) is 13.2. The zero-order valence-electron chi connectivity index (χ0n) is 15.0. The van der Waals surface area contributed by atoms with E-state index < -0.39 is 5.41 Å². The predicted molar refractivity (Wildman–Crippen MR) is 99.2 cm³/mol. The molecule has 0 aromatic heterocycles. The summed E-state index contributed by atoms with van der Waals surface area (Å²) in [7, 11) is 1.52. The molecule has 2 aromatic rings. The molecule has 134 valence electrons.